The van der Waals surface area contributed by atoms with Gasteiger partial charge in [-0.2, -0.15) is 0 Å². The maximum absolute atomic E-state index is 10.1. The van der Waals surface area contributed by atoms with Crippen molar-refractivity contribution >= 4 is 11.7 Å². The van der Waals surface area contributed by atoms with Crippen LogP contribution in [0, 0.1) is 5.41 Å². The lowest BCUT2D eigenvalue weighted by Crippen LogP contribution is -2.18. The van der Waals surface area contributed by atoms with Gasteiger partial charge in [0.15, 0.2) is 0 Å². The highest BCUT2D eigenvalue weighted by atomic mass is 16.1. The van der Waals surface area contributed by atoms with Gasteiger partial charge in [-0.3, -0.25) is 10.2 Å². The molecule has 0 unspecified atom stereocenters. The number of nitrogens with one attached hydrogen (secondary N) is 3. The van der Waals surface area contributed by atoms with E-state index in [1.807, 2.05) is 18.2 Å². The predicted octanol–water partition coefficient (Wildman–Crippen LogP) is -0.469. The third-order valence-electron chi connectivity index (χ3n) is 2.36. The van der Waals surface area contributed by atoms with Gasteiger partial charge in [0.1, 0.15) is 0 Å². The molecule has 1 aromatic heterocycles. The summed E-state index contributed by atoms with van der Waals surface area (Å²) in [6, 6.07) is 8.06. The lowest BCUT2D eigenvalue weighted by Gasteiger charge is -2.05. The van der Waals surface area contributed by atoms with Crippen molar-refractivity contribution in [1.29, 1.82) is 5.41 Å². The first kappa shape index (κ1) is 16.2. The molecule has 9 nitrogen and oxygen atoms in total. The number of rotatable bonds is 4. The number of aromatic nitrogens is 4. The van der Waals surface area contributed by atoms with Crippen LogP contribution in [0.15, 0.2) is 24.3 Å². The van der Waals surface area contributed by atoms with Crippen molar-refractivity contribution in [2.75, 3.05) is 0 Å². The van der Waals surface area contributed by atoms with Gasteiger partial charge in [0, 0.05) is 13.1 Å². The lowest BCUT2D eigenvalue weighted by atomic mass is 10.1. The fraction of sp³-hybridized carbons (Fsp3) is 0.250. The third-order valence-corrected chi connectivity index (χ3v) is 2.36. The van der Waals surface area contributed by atoms with E-state index in [1.165, 1.54) is 0 Å². The Morgan fingerprint density at radius 1 is 1.43 bits per heavy atom. The predicted molar refractivity (Wildman–Crippen MR) is 77.3 cm³/mol. The van der Waals surface area contributed by atoms with Crippen molar-refractivity contribution in [2.45, 2.75) is 20.0 Å². The van der Waals surface area contributed by atoms with Crippen LogP contribution in [0.1, 0.15) is 28.7 Å². The first-order chi connectivity index (χ1) is 10.0. The first-order valence-electron chi connectivity index (χ1n) is 6.13. The fourth-order valence-electron chi connectivity index (χ4n) is 1.36. The van der Waals surface area contributed by atoms with E-state index < -0.39 is 5.91 Å². The number of benzene rings is 1. The summed E-state index contributed by atoms with van der Waals surface area (Å²) in [5.41, 5.74) is 12.5. The zero-order valence-electron chi connectivity index (χ0n) is 11.6. The number of H-pyrrole nitrogens is 1. The number of carbonyl (C=O) groups is 1. The highest BCUT2D eigenvalue weighted by Crippen LogP contribution is 2.03. The zero-order valence-corrected chi connectivity index (χ0v) is 11.6. The van der Waals surface area contributed by atoms with Gasteiger partial charge >= 0.3 is 0 Å². The second-order valence-corrected chi connectivity index (χ2v) is 4.12. The van der Waals surface area contributed by atoms with Crippen molar-refractivity contribution in [3.63, 3.8) is 0 Å². The van der Waals surface area contributed by atoms with Crippen LogP contribution in [0.25, 0.3) is 0 Å². The second kappa shape index (κ2) is 8.38. The van der Waals surface area contributed by atoms with E-state index in [2.05, 4.69) is 32.0 Å². The summed E-state index contributed by atoms with van der Waals surface area (Å²) < 4.78 is 0. The molecule has 0 spiro atoms. The van der Waals surface area contributed by atoms with Crippen LogP contribution in [0.2, 0.25) is 0 Å². The third kappa shape index (κ3) is 6.25. The largest absolute Gasteiger partial charge is 0.370 e. The van der Waals surface area contributed by atoms with Gasteiger partial charge in [-0.05, 0) is 28.5 Å². The van der Waals surface area contributed by atoms with Crippen molar-refractivity contribution < 1.29 is 4.79 Å². The number of hydrogen-bond donors (Lipinski definition) is 5. The molecule has 0 aliphatic heterocycles. The maximum Gasteiger partial charge on any atom is 0.287 e. The van der Waals surface area contributed by atoms with Gasteiger partial charge in [0.25, 0.3) is 5.91 Å². The van der Waals surface area contributed by atoms with E-state index in [0.717, 1.165) is 11.1 Å². The lowest BCUT2D eigenvalue weighted by molar-refractivity contribution is 0.0990. The molecule has 2 aromatic rings. The summed E-state index contributed by atoms with van der Waals surface area (Å²) in [6.45, 7) is 2.99. The molecule has 0 saturated carbocycles. The van der Waals surface area contributed by atoms with Gasteiger partial charge in [-0.25, -0.2) is 5.10 Å². The Kier molecular flexibility index (Phi) is 6.48. The average Bonchev–Trinajstić information content (AvgIpc) is 3.00. The smallest absolute Gasteiger partial charge is 0.287 e. The minimum Gasteiger partial charge on any atom is -0.370 e. The molecule has 0 bridgehead atoms. The fourth-order valence-corrected chi connectivity index (χ4v) is 1.36. The van der Waals surface area contributed by atoms with E-state index in [4.69, 9.17) is 16.9 Å². The Labute approximate surface area is 121 Å². The molecule has 112 valence electrons. The van der Waals surface area contributed by atoms with E-state index in [-0.39, 0.29) is 5.82 Å². The Hall–Kier alpha value is -2.81. The number of aromatic amines is 1. The molecule has 1 amide bonds. The summed E-state index contributed by atoms with van der Waals surface area (Å²) in [4.78, 5) is 10.1. The molecular formula is C12H18N8O. The van der Waals surface area contributed by atoms with E-state index in [0.29, 0.717) is 18.9 Å². The average molecular weight is 290 g/mol. The van der Waals surface area contributed by atoms with Crippen molar-refractivity contribution in [2.24, 2.45) is 11.5 Å². The summed E-state index contributed by atoms with van der Waals surface area (Å²) in [7, 11) is 0. The summed E-state index contributed by atoms with van der Waals surface area (Å²) in [5.74, 6) is -0.196. The number of hydrogen-bond acceptors (Lipinski definition) is 6. The van der Waals surface area contributed by atoms with Gasteiger partial charge in [-0.1, -0.05) is 24.3 Å². The molecule has 0 saturated heterocycles. The number of nitrogens with zero attached hydrogens (tertiary/aromatic N) is 3. The van der Waals surface area contributed by atoms with Crippen LogP contribution >= 0.6 is 0 Å². The number of amides is 1. The Morgan fingerprint density at radius 3 is 2.62 bits per heavy atom. The molecule has 1 aromatic carbocycles. The summed E-state index contributed by atoms with van der Waals surface area (Å²) >= 11 is 0. The molecule has 0 aliphatic carbocycles. The number of tetrazole rings is 1. The molecule has 1 heterocycles. The van der Waals surface area contributed by atoms with Gasteiger partial charge in [0.05, 0.1) is 5.84 Å². The minimum atomic E-state index is -0.657. The number of nitrogens with two attached hydrogens (primary N) is 2. The summed E-state index contributed by atoms with van der Waals surface area (Å²) in [5, 5.41) is 21.8. The van der Waals surface area contributed by atoms with Gasteiger partial charge in [0.2, 0.25) is 5.82 Å². The summed E-state index contributed by atoms with van der Waals surface area (Å²) in [6.07, 6.45) is 0. The SMILES string of the molecule is CC(=N)NCc1cccc(CN)c1.NC(=O)c1nnn[nH]1. The molecule has 9 heteroatoms. The van der Waals surface area contributed by atoms with E-state index >= 15 is 0 Å². The molecular weight excluding hydrogens is 272 g/mol. The first-order valence-corrected chi connectivity index (χ1v) is 6.13. The standard InChI is InChI=1S/C10H15N3.C2H3N5O/c1-8(12)13-7-10-4-2-3-9(5-10)6-11;3-1(8)2-4-6-7-5-2/h2-5H,6-7,11H2,1H3,(H2,12,13);(H2,3,8)(H,4,5,6,7). The highest BCUT2D eigenvalue weighted by Gasteiger charge is 2.00. The second-order valence-electron chi connectivity index (χ2n) is 4.12. The normalized spacial score (nSPS) is 9.43. The van der Waals surface area contributed by atoms with Crippen LogP contribution in [-0.4, -0.2) is 32.4 Å². The Balaban J connectivity index is 0.000000235. The number of amidine groups is 1. The quantitative estimate of drug-likeness (QED) is 0.378. The van der Waals surface area contributed by atoms with Crippen LogP contribution in [-0.2, 0) is 13.1 Å². The Morgan fingerprint density at radius 2 is 2.14 bits per heavy atom. The molecule has 2 rings (SSSR count). The van der Waals surface area contributed by atoms with Gasteiger partial charge < -0.3 is 16.8 Å². The number of carbonyl (C=O) groups excluding carboxylic acids is 1. The minimum absolute atomic E-state index is 0.0231. The topological polar surface area (TPSA) is 159 Å². The van der Waals surface area contributed by atoms with Crippen molar-refractivity contribution in [3.8, 4) is 0 Å². The van der Waals surface area contributed by atoms with E-state index in [1.54, 1.807) is 6.92 Å². The van der Waals surface area contributed by atoms with Crippen LogP contribution in [0.3, 0.4) is 0 Å². The number of primary amides is 1. The Bertz CT molecular complexity index is 581. The van der Waals surface area contributed by atoms with Crippen molar-refractivity contribution in [1.82, 2.24) is 25.9 Å². The highest BCUT2D eigenvalue weighted by molar-refractivity contribution is 5.88. The molecule has 7 N–H and O–H groups in total. The molecule has 0 radical (unpaired) electrons. The molecule has 21 heavy (non-hydrogen) atoms. The van der Waals surface area contributed by atoms with Crippen molar-refractivity contribution in [3.05, 3.63) is 41.2 Å². The molecule has 0 fully saturated rings. The van der Waals surface area contributed by atoms with Crippen LogP contribution in [0.5, 0.6) is 0 Å². The maximum atomic E-state index is 10.1. The van der Waals surface area contributed by atoms with Crippen LogP contribution < -0.4 is 16.8 Å². The molecule has 0 aliphatic rings. The van der Waals surface area contributed by atoms with E-state index in [9.17, 15) is 4.79 Å². The monoisotopic (exact) mass is 290 g/mol. The zero-order chi connectivity index (χ0) is 15.7. The molecule has 0 atom stereocenters. The van der Waals surface area contributed by atoms with Gasteiger partial charge in [-0.15, -0.1) is 5.10 Å². The van der Waals surface area contributed by atoms with Crippen LogP contribution in [0.4, 0.5) is 0 Å².